The SMILES string of the molecule is COc1ccc(C(=O)N(C)Cc2c(C)c(C)cc3[nH]c(=O)c(=O)[nH]c23)cc1. The van der Waals surface area contributed by atoms with Crippen molar-refractivity contribution in [2.75, 3.05) is 14.2 Å². The van der Waals surface area contributed by atoms with Crippen molar-refractivity contribution in [1.29, 1.82) is 0 Å². The summed E-state index contributed by atoms with van der Waals surface area (Å²) in [6, 6.07) is 8.69. The molecule has 0 unspecified atom stereocenters. The zero-order valence-corrected chi connectivity index (χ0v) is 15.7. The molecule has 7 nitrogen and oxygen atoms in total. The first kappa shape index (κ1) is 18.4. The van der Waals surface area contributed by atoms with Gasteiger partial charge in [0.15, 0.2) is 0 Å². The van der Waals surface area contributed by atoms with Crippen molar-refractivity contribution >= 4 is 16.9 Å². The van der Waals surface area contributed by atoms with E-state index in [9.17, 15) is 14.4 Å². The van der Waals surface area contributed by atoms with E-state index in [0.29, 0.717) is 22.3 Å². The van der Waals surface area contributed by atoms with Crippen molar-refractivity contribution in [3.63, 3.8) is 0 Å². The van der Waals surface area contributed by atoms with Gasteiger partial charge in [0.05, 0.1) is 18.1 Å². The van der Waals surface area contributed by atoms with E-state index in [1.54, 1.807) is 43.3 Å². The van der Waals surface area contributed by atoms with Crippen LogP contribution in [0.5, 0.6) is 5.75 Å². The minimum absolute atomic E-state index is 0.154. The van der Waals surface area contributed by atoms with Crippen LogP contribution < -0.4 is 15.9 Å². The highest BCUT2D eigenvalue weighted by Crippen LogP contribution is 2.23. The standard InChI is InChI=1S/C20H21N3O4/c1-11-9-16-17(22-19(25)18(24)21-16)15(12(11)2)10-23(3)20(26)13-5-7-14(27-4)8-6-13/h5-9H,10H2,1-4H3,(H,21,24)(H,22,25). The third kappa shape index (κ3) is 3.48. The number of aromatic nitrogens is 2. The van der Waals surface area contributed by atoms with E-state index in [0.717, 1.165) is 16.7 Å². The number of nitrogens with zero attached hydrogens (tertiary/aromatic N) is 1. The molecule has 0 radical (unpaired) electrons. The van der Waals surface area contributed by atoms with Gasteiger partial charge < -0.3 is 19.6 Å². The van der Waals surface area contributed by atoms with Crippen molar-refractivity contribution < 1.29 is 9.53 Å². The van der Waals surface area contributed by atoms with Gasteiger partial charge in [-0.05, 0) is 55.3 Å². The molecule has 7 heteroatoms. The number of rotatable bonds is 4. The summed E-state index contributed by atoms with van der Waals surface area (Å²) >= 11 is 0. The molecule has 0 saturated heterocycles. The fourth-order valence-electron chi connectivity index (χ4n) is 3.04. The summed E-state index contributed by atoms with van der Waals surface area (Å²) in [6.07, 6.45) is 0. The Kier molecular flexibility index (Phi) is 4.85. The van der Waals surface area contributed by atoms with Gasteiger partial charge in [0.2, 0.25) is 0 Å². The Labute approximate surface area is 155 Å². The number of amides is 1. The molecule has 1 aromatic heterocycles. The largest absolute Gasteiger partial charge is 0.497 e. The first-order valence-corrected chi connectivity index (χ1v) is 8.46. The zero-order valence-electron chi connectivity index (χ0n) is 15.7. The van der Waals surface area contributed by atoms with E-state index >= 15 is 0 Å². The number of carbonyl (C=O) groups is 1. The molecule has 1 amide bonds. The number of methoxy groups -OCH3 is 1. The lowest BCUT2D eigenvalue weighted by Gasteiger charge is -2.21. The number of aryl methyl sites for hydroxylation is 1. The maximum absolute atomic E-state index is 12.8. The quantitative estimate of drug-likeness (QED) is 0.691. The van der Waals surface area contributed by atoms with Gasteiger partial charge in [-0.2, -0.15) is 0 Å². The molecule has 3 aromatic rings. The van der Waals surface area contributed by atoms with Gasteiger partial charge in [-0.25, -0.2) is 0 Å². The fraction of sp³-hybridized carbons (Fsp3) is 0.250. The molecule has 0 spiro atoms. The molecule has 27 heavy (non-hydrogen) atoms. The lowest BCUT2D eigenvalue weighted by Crippen LogP contribution is -2.31. The number of aromatic amines is 2. The zero-order chi connectivity index (χ0) is 19.7. The van der Waals surface area contributed by atoms with Gasteiger partial charge in [0.25, 0.3) is 5.91 Å². The molecule has 140 valence electrons. The Morgan fingerprint density at radius 1 is 1.07 bits per heavy atom. The molecule has 3 rings (SSSR count). The van der Waals surface area contributed by atoms with Crippen LogP contribution in [0.3, 0.4) is 0 Å². The highest BCUT2D eigenvalue weighted by atomic mass is 16.5. The summed E-state index contributed by atoms with van der Waals surface area (Å²) in [7, 11) is 3.27. The van der Waals surface area contributed by atoms with Crippen LogP contribution in [-0.2, 0) is 6.54 Å². The third-order valence-corrected chi connectivity index (χ3v) is 4.75. The number of nitrogens with one attached hydrogen (secondary N) is 2. The molecule has 2 aromatic carbocycles. The van der Waals surface area contributed by atoms with Crippen LogP contribution in [0, 0.1) is 13.8 Å². The molecule has 1 heterocycles. The smallest absolute Gasteiger partial charge is 0.314 e. The van der Waals surface area contributed by atoms with Crippen LogP contribution in [-0.4, -0.2) is 34.9 Å². The second-order valence-electron chi connectivity index (χ2n) is 6.52. The predicted octanol–water partition coefficient (Wildman–Crippen LogP) is 2.11. The van der Waals surface area contributed by atoms with E-state index in [4.69, 9.17) is 4.74 Å². The van der Waals surface area contributed by atoms with Crippen molar-refractivity contribution in [3.05, 3.63) is 73.3 Å². The summed E-state index contributed by atoms with van der Waals surface area (Å²) in [5.74, 6) is 0.523. The van der Waals surface area contributed by atoms with Crippen molar-refractivity contribution in [2.24, 2.45) is 0 Å². The number of hydrogen-bond donors (Lipinski definition) is 2. The van der Waals surface area contributed by atoms with E-state index < -0.39 is 11.1 Å². The Hall–Kier alpha value is -3.35. The number of fused-ring (bicyclic) bond motifs is 1. The van der Waals surface area contributed by atoms with Crippen LogP contribution in [0.2, 0.25) is 0 Å². The molecular weight excluding hydrogens is 346 g/mol. The Bertz CT molecular complexity index is 1130. The number of H-pyrrole nitrogens is 2. The minimum atomic E-state index is -0.712. The van der Waals surface area contributed by atoms with Crippen molar-refractivity contribution in [1.82, 2.24) is 14.9 Å². The molecular formula is C20H21N3O4. The normalized spacial score (nSPS) is 10.8. The first-order valence-electron chi connectivity index (χ1n) is 8.46. The predicted molar refractivity (Wildman–Crippen MR) is 103 cm³/mol. The number of benzene rings is 2. The van der Waals surface area contributed by atoms with Gasteiger partial charge in [-0.1, -0.05) is 0 Å². The Morgan fingerprint density at radius 3 is 2.33 bits per heavy atom. The molecule has 0 bridgehead atoms. The van der Waals surface area contributed by atoms with Gasteiger partial charge in [0.1, 0.15) is 5.75 Å². The number of ether oxygens (including phenoxy) is 1. The van der Waals surface area contributed by atoms with Gasteiger partial charge in [0, 0.05) is 24.7 Å². The van der Waals surface area contributed by atoms with Crippen LogP contribution in [0.25, 0.3) is 11.0 Å². The highest BCUT2D eigenvalue weighted by Gasteiger charge is 2.17. The van der Waals surface area contributed by atoms with Crippen molar-refractivity contribution in [3.8, 4) is 5.75 Å². The summed E-state index contributed by atoms with van der Waals surface area (Å²) < 4.78 is 5.12. The lowest BCUT2D eigenvalue weighted by molar-refractivity contribution is 0.0785. The second-order valence-corrected chi connectivity index (χ2v) is 6.52. The average Bonchev–Trinajstić information content (AvgIpc) is 2.66. The summed E-state index contributed by atoms with van der Waals surface area (Å²) in [5.41, 5.74) is 2.93. The topological polar surface area (TPSA) is 95.3 Å². The monoisotopic (exact) mass is 367 g/mol. The first-order chi connectivity index (χ1) is 12.8. The Morgan fingerprint density at radius 2 is 1.70 bits per heavy atom. The van der Waals surface area contributed by atoms with Crippen LogP contribution in [0.1, 0.15) is 27.0 Å². The Balaban J connectivity index is 2.00. The molecule has 0 aliphatic rings. The summed E-state index contributed by atoms with van der Waals surface area (Å²) in [4.78, 5) is 43.0. The van der Waals surface area contributed by atoms with E-state index in [1.165, 1.54) is 0 Å². The maximum atomic E-state index is 12.8. The third-order valence-electron chi connectivity index (χ3n) is 4.75. The molecule has 2 N–H and O–H groups in total. The molecule has 0 fully saturated rings. The average molecular weight is 367 g/mol. The number of hydrogen-bond acceptors (Lipinski definition) is 4. The van der Waals surface area contributed by atoms with Crippen LogP contribution in [0.4, 0.5) is 0 Å². The molecule has 0 aliphatic carbocycles. The minimum Gasteiger partial charge on any atom is -0.497 e. The van der Waals surface area contributed by atoms with E-state index in [-0.39, 0.29) is 12.5 Å². The molecule has 0 atom stereocenters. The van der Waals surface area contributed by atoms with Crippen molar-refractivity contribution in [2.45, 2.75) is 20.4 Å². The number of carbonyl (C=O) groups excluding carboxylic acids is 1. The second kappa shape index (κ2) is 7.11. The van der Waals surface area contributed by atoms with Crippen LogP contribution in [0.15, 0.2) is 39.9 Å². The summed E-state index contributed by atoms with van der Waals surface area (Å²) in [5, 5.41) is 0. The van der Waals surface area contributed by atoms with Gasteiger partial charge in [-0.15, -0.1) is 0 Å². The van der Waals surface area contributed by atoms with Gasteiger partial charge >= 0.3 is 11.1 Å². The molecule has 0 aliphatic heterocycles. The van der Waals surface area contributed by atoms with Gasteiger partial charge in [-0.3, -0.25) is 14.4 Å². The maximum Gasteiger partial charge on any atom is 0.314 e. The van der Waals surface area contributed by atoms with E-state index in [1.807, 2.05) is 19.9 Å². The van der Waals surface area contributed by atoms with E-state index in [2.05, 4.69) is 9.97 Å². The highest BCUT2D eigenvalue weighted by molar-refractivity contribution is 5.94. The lowest BCUT2D eigenvalue weighted by atomic mass is 10.0. The van der Waals surface area contributed by atoms with Crippen LogP contribution >= 0.6 is 0 Å². The fourth-order valence-corrected chi connectivity index (χ4v) is 3.04. The molecule has 0 saturated carbocycles. The summed E-state index contributed by atoms with van der Waals surface area (Å²) in [6.45, 7) is 4.14.